The van der Waals surface area contributed by atoms with Crippen molar-refractivity contribution in [3.05, 3.63) is 0 Å². The third-order valence-corrected chi connectivity index (χ3v) is 5.30. The molecular formula is C15H22N2O4. The fourth-order valence-electron chi connectivity index (χ4n) is 4.78. The molecule has 0 saturated heterocycles. The standard InChI is InChI=1S/C15H22N2O4/c16-12(18)6-17-13(19)7-21-15(20)14-10-2-8-1-9(4-10)5-11(14)3-8/h8-11,14H,1-7H2,(H2,16,18)(H,17,19). The van der Waals surface area contributed by atoms with Gasteiger partial charge >= 0.3 is 5.97 Å². The van der Waals surface area contributed by atoms with Crippen LogP contribution in [0.2, 0.25) is 0 Å². The van der Waals surface area contributed by atoms with Gasteiger partial charge in [0, 0.05) is 0 Å². The normalized spacial score (nSPS) is 36.3. The Morgan fingerprint density at radius 3 is 2.10 bits per heavy atom. The molecule has 4 fully saturated rings. The van der Waals surface area contributed by atoms with Crippen LogP contribution in [-0.2, 0) is 19.1 Å². The van der Waals surface area contributed by atoms with Crippen molar-refractivity contribution in [2.45, 2.75) is 32.1 Å². The molecule has 0 spiro atoms. The number of carbonyl (C=O) groups excluding carboxylic acids is 3. The lowest BCUT2D eigenvalue weighted by atomic mass is 9.52. The Kier molecular flexibility index (Phi) is 3.87. The largest absolute Gasteiger partial charge is 0.455 e. The van der Waals surface area contributed by atoms with Gasteiger partial charge in [0.1, 0.15) is 0 Å². The topological polar surface area (TPSA) is 98.5 Å². The number of primary amides is 1. The lowest BCUT2D eigenvalue weighted by Gasteiger charge is -2.53. The molecule has 6 heteroatoms. The quantitative estimate of drug-likeness (QED) is 0.708. The van der Waals surface area contributed by atoms with Gasteiger partial charge in [-0.2, -0.15) is 0 Å². The number of hydrogen-bond donors (Lipinski definition) is 2. The van der Waals surface area contributed by atoms with Crippen LogP contribution < -0.4 is 11.1 Å². The van der Waals surface area contributed by atoms with Crippen molar-refractivity contribution in [3.8, 4) is 0 Å². The molecule has 0 heterocycles. The van der Waals surface area contributed by atoms with E-state index in [0.717, 1.165) is 37.5 Å². The molecule has 0 atom stereocenters. The molecule has 0 aromatic rings. The third-order valence-electron chi connectivity index (χ3n) is 5.30. The van der Waals surface area contributed by atoms with Gasteiger partial charge < -0.3 is 15.8 Å². The summed E-state index contributed by atoms with van der Waals surface area (Å²) in [4.78, 5) is 34.3. The van der Waals surface area contributed by atoms with E-state index in [1.165, 1.54) is 6.42 Å². The molecule has 3 N–H and O–H groups in total. The molecule has 4 rings (SSSR count). The summed E-state index contributed by atoms with van der Waals surface area (Å²) in [5, 5.41) is 2.31. The van der Waals surface area contributed by atoms with E-state index >= 15 is 0 Å². The average molecular weight is 294 g/mol. The second-order valence-corrected chi connectivity index (χ2v) is 6.81. The lowest BCUT2D eigenvalue weighted by molar-refractivity contribution is -0.164. The van der Waals surface area contributed by atoms with Crippen molar-refractivity contribution in [2.24, 2.45) is 35.3 Å². The van der Waals surface area contributed by atoms with Crippen LogP contribution in [-0.4, -0.2) is 30.9 Å². The van der Waals surface area contributed by atoms with Crippen LogP contribution in [0.15, 0.2) is 0 Å². The number of rotatable bonds is 5. The van der Waals surface area contributed by atoms with Crippen molar-refractivity contribution < 1.29 is 19.1 Å². The van der Waals surface area contributed by atoms with Crippen LogP contribution in [0.4, 0.5) is 0 Å². The first-order valence-electron chi connectivity index (χ1n) is 7.74. The molecule has 21 heavy (non-hydrogen) atoms. The Bertz CT molecular complexity index is 435. The Hall–Kier alpha value is -1.59. The number of amides is 2. The molecule has 4 saturated carbocycles. The smallest absolute Gasteiger partial charge is 0.310 e. The first-order chi connectivity index (χ1) is 10.0. The zero-order valence-corrected chi connectivity index (χ0v) is 12.0. The van der Waals surface area contributed by atoms with Crippen LogP contribution in [0.5, 0.6) is 0 Å². The first-order valence-corrected chi connectivity index (χ1v) is 7.74. The summed E-state index contributed by atoms with van der Waals surface area (Å²) in [6.45, 7) is -0.552. The molecule has 4 aliphatic rings. The summed E-state index contributed by atoms with van der Waals surface area (Å²) in [5.74, 6) is 1.14. The monoisotopic (exact) mass is 294 g/mol. The van der Waals surface area contributed by atoms with Crippen molar-refractivity contribution in [1.29, 1.82) is 0 Å². The van der Waals surface area contributed by atoms with E-state index in [1.807, 2.05) is 0 Å². The molecule has 6 nitrogen and oxygen atoms in total. The van der Waals surface area contributed by atoms with Gasteiger partial charge in [0.2, 0.25) is 5.91 Å². The maximum atomic E-state index is 12.3. The molecule has 2 amide bonds. The maximum absolute atomic E-state index is 12.3. The SMILES string of the molecule is NC(=O)CNC(=O)COC(=O)C1C2CC3CC(C2)CC1C3. The van der Waals surface area contributed by atoms with E-state index < -0.39 is 11.8 Å². The van der Waals surface area contributed by atoms with Crippen molar-refractivity contribution in [2.75, 3.05) is 13.2 Å². The van der Waals surface area contributed by atoms with E-state index in [0.29, 0.717) is 11.8 Å². The zero-order valence-electron chi connectivity index (χ0n) is 12.0. The zero-order chi connectivity index (χ0) is 15.0. The Balaban J connectivity index is 1.49. The van der Waals surface area contributed by atoms with Gasteiger partial charge in [-0.25, -0.2) is 0 Å². The van der Waals surface area contributed by atoms with E-state index in [4.69, 9.17) is 10.5 Å². The third kappa shape index (κ3) is 3.04. The molecule has 0 aromatic heterocycles. The van der Waals surface area contributed by atoms with Gasteiger partial charge in [0.25, 0.3) is 5.91 Å². The van der Waals surface area contributed by atoms with Gasteiger partial charge in [-0.1, -0.05) is 0 Å². The fourth-order valence-corrected chi connectivity index (χ4v) is 4.78. The Labute approximate surface area is 123 Å². The van der Waals surface area contributed by atoms with Crippen molar-refractivity contribution >= 4 is 17.8 Å². The first kappa shape index (κ1) is 14.4. The molecule has 0 radical (unpaired) electrons. The maximum Gasteiger partial charge on any atom is 0.310 e. The summed E-state index contributed by atoms with van der Waals surface area (Å²) in [5.41, 5.74) is 4.93. The van der Waals surface area contributed by atoms with Crippen LogP contribution in [0, 0.1) is 29.6 Å². The van der Waals surface area contributed by atoms with E-state index in [2.05, 4.69) is 5.32 Å². The summed E-state index contributed by atoms with van der Waals surface area (Å²) >= 11 is 0. The number of nitrogens with two attached hydrogens (primary N) is 1. The number of carbonyl (C=O) groups is 3. The summed E-state index contributed by atoms with van der Waals surface area (Å²) in [6, 6.07) is 0. The fraction of sp³-hybridized carbons (Fsp3) is 0.800. The molecule has 4 bridgehead atoms. The number of esters is 1. The highest BCUT2D eigenvalue weighted by Gasteiger charge is 2.51. The van der Waals surface area contributed by atoms with Crippen molar-refractivity contribution in [1.82, 2.24) is 5.32 Å². The predicted molar refractivity (Wildman–Crippen MR) is 73.7 cm³/mol. The van der Waals surface area contributed by atoms with E-state index in [9.17, 15) is 14.4 Å². The minimum Gasteiger partial charge on any atom is -0.455 e. The molecule has 0 unspecified atom stereocenters. The molecule has 116 valence electrons. The Morgan fingerprint density at radius 2 is 1.57 bits per heavy atom. The van der Waals surface area contributed by atoms with Gasteiger partial charge in [0.15, 0.2) is 6.61 Å². The predicted octanol–water partition coefficient (Wildman–Crippen LogP) is 0.203. The highest BCUT2D eigenvalue weighted by molar-refractivity contribution is 5.85. The number of ether oxygens (including phenoxy) is 1. The molecule has 4 aliphatic carbocycles. The second-order valence-electron chi connectivity index (χ2n) is 6.81. The number of hydrogen-bond acceptors (Lipinski definition) is 4. The van der Waals surface area contributed by atoms with Gasteiger partial charge in [0.05, 0.1) is 12.5 Å². The van der Waals surface area contributed by atoms with Crippen LogP contribution in [0.1, 0.15) is 32.1 Å². The summed E-state index contributed by atoms with van der Waals surface area (Å²) in [6.07, 6.45) is 5.90. The van der Waals surface area contributed by atoms with Crippen LogP contribution in [0.25, 0.3) is 0 Å². The average Bonchev–Trinajstić information content (AvgIpc) is 2.41. The van der Waals surface area contributed by atoms with Gasteiger partial charge in [-0.05, 0) is 55.8 Å². The van der Waals surface area contributed by atoms with Crippen LogP contribution >= 0.6 is 0 Å². The van der Waals surface area contributed by atoms with E-state index in [1.54, 1.807) is 0 Å². The van der Waals surface area contributed by atoms with E-state index in [-0.39, 0.29) is 25.0 Å². The Morgan fingerprint density at radius 1 is 1.00 bits per heavy atom. The van der Waals surface area contributed by atoms with Crippen LogP contribution in [0.3, 0.4) is 0 Å². The minimum atomic E-state index is -0.615. The molecule has 0 aromatic carbocycles. The van der Waals surface area contributed by atoms with Gasteiger partial charge in [-0.15, -0.1) is 0 Å². The lowest BCUT2D eigenvalue weighted by Crippen LogP contribution is -2.48. The molecular weight excluding hydrogens is 272 g/mol. The number of nitrogens with one attached hydrogen (secondary N) is 1. The van der Waals surface area contributed by atoms with Crippen molar-refractivity contribution in [3.63, 3.8) is 0 Å². The minimum absolute atomic E-state index is 0.0262. The summed E-state index contributed by atoms with van der Waals surface area (Å²) in [7, 11) is 0. The highest BCUT2D eigenvalue weighted by atomic mass is 16.5. The van der Waals surface area contributed by atoms with Gasteiger partial charge in [-0.3, -0.25) is 14.4 Å². The highest BCUT2D eigenvalue weighted by Crippen LogP contribution is 2.56. The second kappa shape index (κ2) is 5.66. The molecule has 0 aliphatic heterocycles. The summed E-state index contributed by atoms with van der Waals surface area (Å²) < 4.78 is 5.16.